The Morgan fingerprint density at radius 1 is 0.935 bits per heavy atom. The Morgan fingerprint density at radius 3 is 2.39 bits per heavy atom. The standard InChI is InChI=1S/C27H30N2O2/c1-20(2)17-19-31-23-14-12-22(13-15-23)26-28-25-11-7-6-10-24(25)27(30)29(26)18-16-21-8-4-3-5-9-21/h3-15,20,26,28H,16-19H2,1-2H3. The number of fused-ring (bicyclic) bond motifs is 1. The Bertz CT molecular complexity index is 999. The van der Waals surface area contributed by atoms with E-state index in [0.717, 1.165) is 35.4 Å². The number of hydrogen-bond acceptors (Lipinski definition) is 3. The first-order valence-electron chi connectivity index (χ1n) is 11.0. The van der Waals surface area contributed by atoms with E-state index in [1.54, 1.807) is 0 Å². The first-order chi connectivity index (χ1) is 15.1. The van der Waals surface area contributed by atoms with Gasteiger partial charge in [-0.25, -0.2) is 0 Å². The van der Waals surface area contributed by atoms with Crippen LogP contribution in [0.2, 0.25) is 0 Å². The number of anilines is 1. The minimum Gasteiger partial charge on any atom is -0.494 e. The van der Waals surface area contributed by atoms with E-state index in [1.807, 2.05) is 59.5 Å². The number of rotatable bonds is 8. The molecule has 31 heavy (non-hydrogen) atoms. The smallest absolute Gasteiger partial charge is 0.257 e. The van der Waals surface area contributed by atoms with Crippen LogP contribution in [0.4, 0.5) is 5.69 Å². The van der Waals surface area contributed by atoms with Gasteiger partial charge >= 0.3 is 0 Å². The van der Waals surface area contributed by atoms with Crippen LogP contribution in [-0.2, 0) is 6.42 Å². The number of benzene rings is 3. The second kappa shape index (κ2) is 9.69. The Hall–Kier alpha value is -3.27. The zero-order valence-electron chi connectivity index (χ0n) is 18.3. The molecule has 1 atom stereocenters. The van der Waals surface area contributed by atoms with Crippen LogP contribution in [-0.4, -0.2) is 24.0 Å². The monoisotopic (exact) mass is 414 g/mol. The highest BCUT2D eigenvalue weighted by molar-refractivity contribution is 6.01. The highest BCUT2D eigenvalue weighted by Crippen LogP contribution is 2.33. The lowest BCUT2D eigenvalue weighted by molar-refractivity contribution is 0.0685. The Balaban J connectivity index is 1.55. The van der Waals surface area contributed by atoms with Crippen molar-refractivity contribution in [2.45, 2.75) is 32.9 Å². The van der Waals surface area contributed by atoms with E-state index in [9.17, 15) is 4.79 Å². The fourth-order valence-corrected chi connectivity index (χ4v) is 3.84. The molecule has 3 aromatic rings. The van der Waals surface area contributed by atoms with Gasteiger partial charge in [-0.2, -0.15) is 0 Å². The van der Waals surface area contributed by atoms with Gasteiger partial charge in [0.1, 0.15) is 11.9 Å². The lowest BCUT2D eigenvalue weighted by Gasteiger charge is -2.38. The zero-order chi connectivity index (χ0) is 21.6. The first kappa shape index (κ1) is 21.0. The second-order valence-electron chi connectivity index (χ2n) is 8.43. The maximum Gasteiger partial charge on any atom is 0.257 e. The average molecular weight is 415 g/mol. The molecule has 1 N–H and O–H groups in total. The Morgan fingerprint density at radius 2 is 1.65 bits per heavy atom. The van der Waals surface area contributed by atoms with E-state index in [2.05, 4.69) is 43.4 Å². The topological polar surface area (TPSA) is 41.6 Å². The summed E-state index contributed by atoms with van der Waals surface area (Å²) in [5.41, 5.74) is 3.88. The predicted molar refractivity (Wildman–Crippen MR) is 125 cm³/mol. The number of nitrogens with one attached hydrogen (secondary N) is 1. The summed E-state index contributed by atoms with van der Waals surface area (Å²) >= 11 is 0. The van der Waals surface area contributed by atoms with Crippen molar-refractivity contribution >= 4 is 11.6 Å². The van der Waals surface area contributed by atoms with Crippen molar-refractivity contribution in [3.8, 4) is 5.75 Å². The van der Waals surface area contributed by atoms with Gasteiger partial charge in [-0.05, 0) is 54.2 Å². The zero-order valence-corrected chi connectivity index (χ0v) is 18.3. The Labute approximate surface area is 184 Å². The molecule has 0 saturated heterocycles. The van der Waals surface area contributed by atoms with Crippen molar-refractivity contribution in [1.82, 2.24) is 4.90 Å². The van der Waals surface area contributed by atoms with Gasteiger partial charge in [-0.15, -0.1) is 0 Å². The van der Waals surface area contributed by atoms with E-state index in [0.29, 0.717) is 19.1 Å². The molecule has 0 aliphatic carbocycles. The maximum atomic E-state index is 13.4. The van der Waals surface area contributed by atoms with Gasteiger partial charge in [0.05, 0.1) is 12.2 Å². The molecule has 0 radical (unpaired) electrons. The summed E-state index contributed by atoms with van der Waals surface area (Å²) in [6.07, 6.45) is 1.63. The van der Waals surface area contributed by atoms with Gasteiger partial charge in [-0.1, -0.05) is 68.4 Å². The predicted octanol–water partition coefficient (Wildman–Crippen LogP) is 5.92. The van der Waals surface area contributed by atoms with Crippen LogP contribution in [0.5, 0.6) is 5.75 Å². The number of carbonyl (C=O) groups excluding carboxylic acids is 1. The molecule has 0 fully saturated rings. The number of para-hydroxylation sites is 1. The number of ether oxygens (including phenoxy) is 1. The van der Waals surface area contributed by atoms with Gasteiger partial charge in [0.2, 0.25) is 0 Å². The SMILES string of the molecule is CC(C)CCOc1ccc(C2Nc3ccccc3C(=O)N2CCc2ccccc2)cc1. The van der Waals surface area contributed by atoms with Crippen LogP contribution in [0.15, 0.2) is 78.9 Å². The molecule has 4 nitrogen and oxygen atoms in total. The van der Waals surface area contributed by atoms with Gasteiger partial charge in [0.15, 0.2) is 0 Å². The molecule has 0 saturated carbocycles. The molecule has 1 amide bonds. The molecule has 160 valence electrons. The average Bonchev–Trinajstić information content (AvgIpc) is 2.79. The quantitative estimate of drug-likeness (QED) is 0.497. The lowest BCUT2D eigenvalue weighted by atomic mass is 10.0. The first-order valence-corrected chi connectivity index (χ1v) is 11.0. The van der Waals surface area contributed by atoms with E-state index in [1.165, 1.54) is 5.56 Å². The van der Waals surface area contributed by atoms with Crippen LogP contribution in [0.3, 0.4) is 0 Å². The summed E-state index contributed by atoms with van der Waals surface area (Å²) in [5.74, 6) is 1.55. The van der Waals surface area contributed by atoms with Crippen molar-refractivity contribution in [3.63, 3.8) is 0 Å². The van der Waals surface area contributed by atoms with E-state index in [-0.39, 0.29) is 12.1 Å². The third-order valence-electron chi connectivity index (χ3n) is 5.67. The summed E-state index contributed by atoms with van der Waals surface area (Å²) in [7, 11) is 0. The third kappa shape index (κ3) is 5.08. The molecular weight excluding hydrogens is 384 g/mol. The number of amides is 1. The number of carbonyl (C=O) groups is 1. The molecule has 1 aliphatic heterocycles. The van der Waals surface area contributed by atoms with Gasteiger partial charge in [-0.3, -0.25) is 4.79 Å². The van der Waals surface area contributed by atoms with Gasteiger partial charge in [0, 0.05) is 12.2 Å². The lowest BCUT2D eigenvalue weighted by Crippen LogP contribution is -2.43. The van der Waals surface area contributed by atoms with Crippen LogP contribution in [0.1, 0.15) is 47.9 Å². The molecule has 0 bridgehead atoms. The van der Waals surface area contributed by atoms with Crippen molar-refractivity contribution in [1.29, 1.82) is 0 Å². The molecule has 0 spiro atoms. The highest BCUT2D eigenvalue weighted by Gasteiger charge is 2.32. The van der Waals surface area contributed by atoms with Crippen LogP contribution in [0.25, 0.3) is 0 Å². The Kier molecular flexibility index (Phi) is 6.56. The van der Waals surface area contributed by atoms with Crippen molar-refractivity contribution in [2.75, 3.05) is 18.5 Å². The molecule has 0 aromatic heterocycles. The summed E-state index contributed by atoms with van der Waals surface area (Å²) in [5, 5.41) is 3.57. The van der Waals surface area contributed by atoms with E-state index in [4.69, 9.17) is 4.74 Å². The largest absolute Gasteiger partial charge is 0.494 e. The van der Waals surface area contributed by atoms with Crippen molar-refractivity contribution < 1.29 is 9.53 Å². The fraction of sp³-hybridized carbons (Fsp3) is 0.296. The number of hydrogen-bond donors (Lipinski definition) is 1. The van der Waals surface area contributed by atoms with Gasteiger partial charge in [0.25, 0.3) is 5.91 Å². The van der Waals surface area contributed by atoms with E-state index >= 15 is 0 Å². The minimum atomic E-state index is -0.212. The van der Waals surface area contributed by atoms with Crippen molar-refractivity contribution in [3.05, 3.63) is 95.6 Å². The minimum absolute atomic E-state index is 0.0625. The van der Waals surface area contributed by atoms with Crippen molar-refractivity contribution in [2.24, 2.45) is 5.92 Å². The molecular formula is C27H30N2O2. The van der Waals surface area contributed by atoms with E-state index < -0.39 is 0 Å². The summed E-state index contributed by atoms with van der Waals surface area (Å²) in [6.45, 7) is 5.75. The molecule has 1 heterocycles. The maximum absolute atomic E-state index is 13.4. The van der Waals surface area contributed by atoms with Crippen LogP contribution in [0, 0.1) is 5.92 Å². The molecule has 1 aliphatic rings. The molecule has 4 heteroatoms. The number of nitrogens with zero attached hydrogens (tertiary/aromatic N) is 1. The molecule has 1 unspecified atom stereocenters. The summed E-state index contributed by atoms with van der Waals surface area (Å²) in [6, 6.07) is 26.1. The normalized spacial score (nSPS) is 15.5. The van der Waals surface area contributed by atoms with Crippen LogP contribution < -0.4 is 10.1 Å². The summed E-state index contributed by atoms with van der Waals surface area (Å²) in [4.78, 5) is 15.3. The van der Waals surface area contributed by atoms with Crippen LogP contribution >= 0.6 is 0 Å². The highest BCUT2D eigenvalue weighted by atomic mass is 16.5. The third-order valence-corrected chi connectivity index (χ3v) is 5.67. The summed E-state index contributed by atoms with van der Waals surface area (Å²) < 4.78 is 5.87. The van der Waals surface area contributed by atoms with Gasteiger partial charge < -0.3 is 15.0 Å². The molecule has 3 aromatic carbocycles. The fourth-order valence-electron chi connectivity index (χ4n) is 3.84. The second-order valence-corrected chi connectivity index (χ2v) is 8.43. The molecule has 4 rings (SSSR count).